The van der Waals surface area contributed by atoms with Crippen molar-refractivity contribution in [3.63, 3.8) is 0 Å². The van der Waals surface area contributed by atoms with Crippen molar-refractivity contribution in [2.24, 2.45) is 5.92 Å². The molecule has 1 N–H and O–H groups in total. The first-order valence-corrected chi connectivity index (χ1v) is 7.13. The van der Waals surface area contributed by atoms with Crippen LogP contribution in [0.4, 0.5) is 0 Å². The molecule has 1 aromatic carbocycles. The van der Waals surface area contributed by atoms with Crippen molar-refractivity contribution in [2.75, 3.05) is 26.7 Å². The number of rotatable bonds is 4. The number of nitrogens with one attached hydrogen (secondary N) is 1. The fourth-order valence-electron chi connectivity index (χ4n) is 3.29. The van der Waals surface area contributed by atoms with Crippen molar-refractivity contribution in [3.8, 4) is 0 Å². The van der Waals surface area contributed by atoms with Crippen molar-refractivity contribution < 1.29 is 0 Å². The molecule has 2 rings (SSSR count). The highest BCUT2D eigenvalue weighted by atomic mass is 15.2. The van der Waals surface area contributed by atoms with E-state index >= 15 is 0 Å². The molecule has 0 aliphatic carbocycles. The Kier molecular flexibility index (Phi) is 4.41. The lowest BCUT2D eigenvalue weighted by molar-refractivity contribution is 0.237. The van der Waals surface area contributed by atoms with Crippen LogP contribution in [0.1, 0.15) is 36.1 Å². The molecule has 1 fully saturated rings. The molecule has 2 nitrogen and oxygen atoms in total. The minimum atomic E-state index is 0.599. The number of benzene rings is 1. The van der Waals surface area contributed by atoms with Gasteiger partial charge in [0.15, 0.2) is 0 Å². The Morgan fingerprint density at radius 1 is 1.33 bits per heavy atom. The molecule has 1 aliphatic rings. The van der Waals surface area contributed by atoms with Crippen LogP contribution in [0, 0.1) is 19.8 Å². The van der Waals surface area contributed by atoms with E-state index in [-0.39, 0.29) is 0 Å². The first kappa shape index (κ1) is 13.6. The van der Waals surface area contributed by atoms with Crippen LogP contribution in [0.25, 0.3) is 0 Å². The molecule has 1 aromatic rings. The van der Waals surface area contributed by atoms with Crippen LogP contribution < -0.4 is 5.32 Å². The topological polar surface area (TPSA) is 15.3 Å². The Labute approximate surface area is 111 Å². The van der Waals surface area contributed by atoms with Gasteiger partial charge < -0.3 is 5.32 Å². The maximum Gasteiger partial charge on any atom is 0.0391 e. The van der Waals surface area contributed by atoms with Crippen molar-refractivity contribution in [1.29, 1.82) is 0 Å². The van der Waals surface area contributed by atoms with E-state index < -0.39 is 0 Å². The molecule has 1 saturated heterocycles. The van der Waals surface area contributed by atoms with Gasteiger partial charge in [-0.1, -0.05) is 30.7 Å². The monoisotopic (exact) mass is 246 g/mol. The summed E-state index contributed by atoms with van der Waals surface area (Å²) in [6, 6.07) is 7.48. The van der Waals surface area contributed by atoms with Crippen LogP contribution in [0.5, 0.6) is 0 Å². The Balaban J connectivity index is 2.33. The Morgan fingerprint density at radius 2 is 2.11 bits per heavy atom. The summed E-state index contributed by atoms with van der Waals surface area (Å²) in [5.41, 5.74) is 4.35. The summed E-state index contributed by atoms with van der Waals surface area (Å²) in [5, 5.41) is 3.36. The van der Waals surface area contributed by atoms with Crippen molar-refractivity contribution in [2.45, 2.75) is 33.2 Å². The summed E-state index contributed by atoms with van der Waals surface area (Å²) >= 11 is 0. The van der Waals surface area contributed by atoms with E-state index in [0.29, 0.717) is 6.04 Å². The fraction of sp³-hybridized carbons (Fsp3) is 0.625. The van der Waals surface area contributed by atoms with Gasteiger partial charge in [-0.25, -0.2) is 0 Å². The van der Waals surface area contributed by atoms with Gasteiger partial charge in [-0.05, 0) is 64.0 Å². The standard InChI is InChI=1S/C16H26N2/c1-5-18-9-8-14(11-17-4)16(18)15-10-12(2)6-7-13(15)3/h6-7,10,14,16-17H,5,8-9,11H2,1-4H3. The lowest BCUT2D eigenvalue weighted by Crippen LogP contribution is -2.29. The molecule has 2 unspecified atom stereocenters. The molecular formula is C16H26N2. The molecule has 18 heavy (non-hydrogen) atoms. The van der Waals surface area contributed by atoms with Gasteiger partial charge in [0, 0.05) is 6.04 Å². The molecule has 100 valence electrons. The Hall–Kier alpha value is -0.860. The molecule has 0 aromatic heterocycles. The van der Waals surface area contributed by atoms with Crippen LogP contribution in [0.2, 0.25) is 0 Å². The lowest BCUT2D eigenvalue weighted by atomic mass is 9.90. The SMILES string of the molecule is CCN1CCC(CNC)C1c1cc(C)ccc1C. The lowest BCUT2D eigenvalue weighted by Gasteiger charge is -2.29. The van der Waals surface area contributed by atoms with Crippen LogP contribution in [-0.2, 0) is 0 Å². The van der Waals surface area contributed by atoms with Gasteiger partial charge in [0.1, 0.15) is 0 Å². The molecule has 1 heterocycles. The average molecular weight is 246 g/mol. The van der Waals surface area contributed by atoms with Gasteiger partial charge in [-0.2, -0.15) is 0 Å². The maximum atomic E-state index is 3.36. The van der Waals surface area contributed by atoms with Gasteiger partial charge >= 0.3 is 0 Å². The molecular weight excluding hydrogens is 220 g/mol. The van der Waals surface area contributed by atoms with Crippen molar-refractivity contribution in [3.05, 3.63) is 34.9 Å². The van der Waals surface area contributed by atoms with E-state index in [1.54, 1.807) is 0 Å². The number of aryl methyl sites for hydroxylation is 2. The number of likely N-dealkylation sites (tertiary alicyclic amines) is 1. The van der Waals surface area contributed by atoms with E-state index in [4.69, 9.17) is 0 Å². The van der Waals surface area contributed by atoms with Gasteiger partial charge in [-0.3, -0.25) is 4.90 Å². The first-order valence-electron chi connectivity index (χ1n) is 7.13. The normalized spacial score (nSPS) is 24.7. The summed E-state index contributed by atoms with van der Waals surface area (Å²) < 4.78 is 0. The van der Waals surface area contributed by atoms with Crippen LogP contribution in [-0.4, -0.2) is 31.6 Å². The van der Waals surface area contributed by atoms with Crippen molar-refractivity contribution in [1.82, 2.24) is 10.2 Å². The number of hydrogen-bond donors (Lipinski definition) is 1. The molecule has 0 spiro atoms. The zero-order valence-corrected chi connectivity index (χ0v) is 12.2. The van der Waals surface area contributed by atoms with Crippen molar-refractivity contribution >= 4 is 0 Å². The second-order valence-corrected chi connectivity index (χ2v) is 5.54. The number of hydrogen-bond acceptors (Lipinski definition) is 2. The van der Waals surface area contributed by atoms with Crippen LogP contribution in [0.3, 0.4) is 0 Å². The summed E-state index contributed by atoms with van der Waals surface area (Å²) in [5.74, 6) is 0.746. The van der Waals surface area contributed by atoms with E-state index in [1.165, 1.54) is 29.7 Å². The smallest absolute Gasteiger partial charge is 0.0391 e. The van der Waals surface area contributed by atoms with E-state index in [0.717, 1.165) is 19.0 Å². The first-order chi connectivity index (χ1) is 8.67. The highest BCUT2D eigenvalue weighted by Gasteiger charge is 2.34. The minimum absolute atomic E-state index is 0.599. The molecule has 1 aliphatic heterocycles. The molecule has 2 atom stereocenters. The quantitative estimate of drug-likeness (QED) is 0.879. The van der Waals surface area contributed by atoms with E-state index in [9.17, 15) is 0 Å². The molecule has 0 radical (unpaired) electrons. The van der Waals surface area contributed by atoms with Crippen LogP contribution in [0.15, 0.2) is 18.2 Å². The molecule has 0 amide bonds. The highest BCUT2D eigenvalue weighted by Crippen LogP contribution is 2.38. The van der Waals surface area contributed by atoms with Gasteiger partial charge in [0.25, 0.3) is 0 Å². The van der Waals surface area contributed by atoms with E-state index in [2.05, 4.69) is 56.2 Å². The molecule has 0 saturated carbocycles. The minimum Gasteiger partial charge on any atom is -0.319 e. The van der Waals surface area contributed by atoms with Gasteiger partial charge in [0.05, 0.1) is 0 Å². The third kappa shape index (κ3) is 2.60. The van der Waals surface area contributed by atoms with Gasteiger partial charge in [-0.15, -0.1) is 0 Å². The zero-order chi connectivity index (χ0) is 13.1. The average Bonchev–Trinajstić information content (AvgIpc) is 2.75. The molecule has 0 bridgehead atoms. The second kappa shape index (κ2) is 5.85. The maximum absolute atomic E-state index is 3.36. The summed E-state index contributed by atoms with van der Waals surface area (Å²) in [7, 11) is 2.06. The van der Waals surface area contributed by atoms with Gasteiger partial charge in [0.2, 0.25) is 0 Å². The third-order valence-corrected chi connectivity index (χ3v) is 4.25. The summed E-state index contributed by atoms with van der Waals surface area (Å²) in [6.07, 6.45) is 1.31. The summed E-state index contributed by atoms with van der Waals surface area (Å²) in [4.78, 5) is 2.63. The summed E-state index contributed by atoms with van der Waals surface area (Å²) in [6.45, 7) is 10.2. The Morgan fingerprint density at radius 3 is 2.78 bits per heavy atom. The fourth-order valence-corrected chi connectivity index (χ4v) is 3.29. The predicted octanol–water partition coefficient (Wildman–Crippen LogP) is 2.91. The molecule has 2 heteroatoms. The predicted molar refractivity (Wildman–Crippen MR) is 77.9 cm³/mol. The Bertz CT molecular complexity index is 400. The largest absolute Gasteiger partial charge is 0.319 e. The van der Waals surface area contributed by atoms with E-state index in [1.807, 2.05) is 0 Å². The second-order valence-electron chi connectivity index (χ2n) is 5.54. The zero-order valence-electron chi connectivity index (χ0n) is 12.2. The third-order valence-electron chi connectivity index (χ3n) is 4.25. The number of nitrogens with zero attached hydrogens (tertiary/aromatic N) is 1. The van der Waals surface area contributed by atoms with Crippen LogP contribution >= 0.6 is 0 Å². The highest BCUT2D eigenvalue weighted by molar-refractivity contribution is 5.34.